The predicted molar refractivity (Wildman–Crippen MR) is 87.7 cm³/mol. The van der Waals surface area contributed by atoms with Crippen LogP contribution >= 0.6 is 27.5 Å². The van der Waals surface area contributed by atoms with Gasteiger partial charge < -0.3 is 0 Å². The molecule has 0 N–H and O–H groups in total. The summed E-state index contributed by atoms with van der Waals surface area (Å²) in [7, 11) is 0. The van der Waals surface area contributed by atoms with Gasteiger partial charge in [0, 0.05) is 9.85 Å². The molecule has 1 aliphatic rings. The van der Waals surface area contributed by atoms with Crippen LogP contribution < -0.4 is 0 Å². The zero-order valence-corrected chi connectivity index (χ0v) is 14.8. The molecule has 0 amide bonds. The molecule has 0 saturated heterocycles. The van der Waals surface area contributed by atoms with E-state index < -0.39 is 0 Å². The van der Waals surface area contributed by atoms with Crippen molar-refractivity contribution in [3.8, 4) is 0 Å². The van der Waals surface area contributed by atoms with Crippen LogP contribution in [0.4, 0.5) is 4.39 Å². The molecular formula is C17H23BrClF. The maximum Gasteiger partial charge on any atom is 0.124 e. The van der Waals surface area contributed by atoms with E-state index in [1.54, 1.807) is 6.07 Å². The van der Waals surface area contributed by atoms with Crippen molar-refractivity contribution in [2.24, 2.45) is 17.3 Å². The number of benzene rings is 1. The summed E-state index contributed by atoms with van der Waals surface area (Å²) < 4.78 is 14.3. The standard InChI is InChI=1S/C17H23BrClF/c1-11-4-5-15(16(19)6-11)17(2,3)10-12-7-13(18)9-14(20)8-12/h7-9,11,15-16H,4-6,10H2,1-3H3. The number of rotatable bonds is 3. The van der Waals surface area contributed by atoms with Gasteiger partial charge in [0.05, 0.1) is 0 Å². The summed E-state index contributed by atoms with van der Waals surface area (Å²) in [6.45, 7) is 6.81. The lowest BCUT2D eigenvalue weighted by Gasteiger charge is -2.42. The van der Waals surface area contributed by atoms with E-state index in [1.807, 2.05) is 6.07 Å². The smallest absolute Gasteiger partial charge is 0.124 e. The fraction of sp³-hybridized carbons (Fsp3) is 0.647. The van der Waals surface area contributed by atoms with Gasteiger partial charge in [-0.05, 0) is 60.3 Å². The van der Waals surface area contributed by atoms with Crippen LogP contribution in [0.2, 0.25) is 0 Å². The third-order valence-corrected chi connectivity index (χ3v) is 5.56. The van der Waals surface area contributed by atoms with Crippen molar-refractivity contribution in [3.63, 3.8) is 0 Å². The van der Waals surface area contributed by atoms with Crippen molar-refractivity contribution in [1.82, 2.24) is 0 Å². The lowest BCUT2D eigenvalue weighted by Crippen LogP contribution is -2.37. The van der Waals surface area contributed by atoms with E-state index >= 15 is 0 Å². The van der Waals surface area contributed by atoms with E-state index in [0.29, 0.717) is 5.92 Å². The molecule has 1 saturated carbocycles. The predicted octanol–water partition coefficient (Wildman–Crippen LogP) is 6.20. The monoisotopic (exact) mass is 360 g/mol. The van der Waals surface area contributed by atoms with Crippen molar-refractivity contribution >= 4 is 27.5 Å². The topological polar surface area (TPSA) is 0 Å². The SMILES string of the molecule is CC1CCC(C(C)(C)Cc2cc(F)cc(Br)c2)C(Cl)C1. The molecule has 3 atom stereocenters. The maximum atomic E-state index is 13.5. The van der Waals surface area contributed by atoms with E-state index in [-0.39, 0.29) is 16.6 Å². The van der Waals surface area contributed by atoms with E-state index in [1.165, 1.54) is 18.9 Å². The average Bonchev–Trinajstić information content (AvgIpc) is 2.25. The van der Waals surface area contributed by atoms with Gasteiger partial charge in [0.2, 0.25) is 0 Å². The van der Waals surface area contributed by atoms with Crippen molar-refractivity contribution in [3.05, 3.63) is 34.1 Å². The first-order chi connectivity index (χ1) is 9.28. The van der Waals surface area contributed by atoms with Crippen LogP contribution in [-0.4, -0.2) is 5.38 Å². The first kappa shape index (κ1) is 16.3. The summed E-state index contributed by atoms with van der Waals surface area (Å²) in [4.78, 5) is 0. The normalized spacial score (nSPS) is 27.6. The Labute approximate surface area is 135 Å². The molecular weight excluding hydrogens is 339 g/mol. The third-order valence-electron chi connectivity index (χ3n) is 4.62. The van der Waals surface area contributed by atoms with Crippen LogP contribution in [0.15, 0.2) is 22.7 Å². The Balaban J connectivity index is 2.13. The highest BCUT2D eigenvalue weighted by Gasteiger charge is 2.38. The third kappa shape index (κ3) is 3.98. The minimum Gasteiger partial charge on any atom is -0.207 e. The summed E-state index contributed by atoms with van der Waals surface area (Å²) in [5, 5.41) is 0.241. The second-order valence-corrected chi connectivity index (χ2v) is 8.46. The van der Waals surface area contributed by atoms with Gasteiger partial charge in [0.25, 0.3) is 0 Å². The number of hydrogen-bond acceptors (Lipinski definition) is 0. The minimum atomic E-state index is -0.176. The second kappa shape index (κ2) is 6.36. The van der Waals surface area contributed by atoms with Gasteiger partial charge >= 0.3 is 0 Å². The molecule has 3 unspecified atom stereocenters. The highest BCUT2D eigenvalue weighted by atomic mass is 79.9. The zero-order valence-electron chi connectivity index (χ0n) is 12.4. The van der Waals surface area contributed by atoms with Gasteiger partial charge in [-0.2, -0.15) is 0 Å². The maximum absolute atomic E-state index is 13.5. The van der Waals surface area contributed by atoms with Crippen LogP contribution in [-0.2, 0) is 6.42 Å². The van der Waals surface area contributed by atoms with Crippen LogP contribution in [0.5, 0.6) is 0 Å². The average molecular weight is 362 g/mol. The number of hydrogen-bond donors (Lipinski definition) is 0. The molecule has 112 valence electrons. The summed E-state index contributed by atoms with van der Waals surface area (Å²) in [6, 6.07) is 5.16. The van der Waals surface area contributed by atoms with Crippen molar-refractivity contribution in [2.45, 2.75) is 51.8 Å². The molecule has 1 fully saturated rings. The summed E-state index contributed by atoms with van der Waals surface area (Å²) in [5.74, 6) is 1.06. The molecule has 20 heavy (non-hydrogen) atoms. The van der Waals surface area contributed by atoms with Crippen molar-refractivity contribution in [2.75, 3.05) is 0 Å². The van der Waals surface area contributed by atoms with Crippen LogP contribution in [0.1, 0.15) is 45.6 Å². The summed E-state index contributed by atoms with van der Waals surface area (Å²) >= 11 is 9.98. The number of halogens is 3. The van der Waals surface area contributed by atoms with Crippen LogP contribution in [0.3, 0.4) is 0 Å². The van der Waals surface area contributed by atoms with Gasteiger partial charge in [-0.15, -0.1) is 11.6 Å². The first-order valence-corrected chi connectivity index (χ1v) is 8.60. The Morgan fingerprint density at radius 1 is 1.30 bits per heavy atom. The molecule has 3 heteroatoms. The fourth-order valence-electron chi connectivity index (χ4n) is 3.56. The Bertz CT molecular complexity index is 452. The lowest BCUT2D eigenvalue weighted by molar-refractivity contribution is 0.142. The largest absolute Gasteiger partial charge is 0.207 e. The highest BCUT2D eigenvalue weighted by molar-refractivity contribution is 9.10. The van der Waals surface area contributed by atoms with E-state index in [2.05, 4.69) is 36.7 Å². The van der Waals surface area contributed by atoms with Crippen molar-refractivity contribution in [1.29, 1.82) is 0 Å². The molecule has 1 aromatic carbocycles. The summed E-state index contributed by atoms with van der Waals surface area (Å²) in [5.41, 5.74) is 1.14. The first-order valence-electron chi connectivity index (χ1n) is 7.37. The van der Waals surface area contributed by atoms with E-state index in [4.69, 9.17) is 11.6 Å². The van der Waals surface area contributed by atoms with Gasteiger partial charge in [-0.3, -0.25) is 0 Å². The molecule has 0 spiro atoms. The Morgan fingerprint density at radius 3 is 2.60 bits per heavy atom. The highest BCUT2D eigenvalue weighted by Crippen LogP contribution is 2.44. The molecule has 2 rings (SSSR count). The van der Waals surface area contributed by atoms with Gasteiger partial charge in [0.15, 0.2) is 0 Å². The van der Waals surface area contributed by atoms with E-state index in [0.717, 1.165) is 28.8 Å². The Hall–Kier alpha value is -0.0800. The molecule has 0 heterocycles. The molecule has 0 aromatic heterocycles. The molecule has 0 aliphatic heterocycles. The second-order valence-electron chi connectivity index (χ2n) is 6.98. The van der Waals surface area contributed by atoms with Gasteiger partial charge in [0.1, 0.15) is 5.82 Å². The molecule has 0 nitrogen and oxygen atoms in total. The Kier molecular flexibility index (Phi) is 5.18. The molecule has 1 aromatic rings. The quantitative estimate of drug-likeness (QED) is 0.562. The molecule has 0 radical (unpaired) electrons. The summed E-state index contributed by atoms with van der Waals surface area (Å²) in [6.07, 6.45) is 4.40. The van der Waals surface area contributed by atoms with Crippen molar-refractivity contribution < 1.29 is 4.39 Å². The van der Waals surface area contributed by atoms with Crippen LogP contribution in [0.25, 0.3) is 0 Å². The fourth-order valence-corrected chi connectivity index (χ4v) is 4.85. The number of alkyl halides is 1. The Morgan fingerprint density at radius 2 is 2.00 bits per heavy atom. The molecule has 0 bridgehead atoms. The van der Waals surface area contributed by atoms with Gasteiger partial charge in [-0.1, -0.05) is 43.1 Å². The van der Waals surface area contributed by atoms with E-state index in [9.17, 15) is 4.39 Å². The van der Waals surface area contributed by atoms with Gasteiger partial charge in [-0.25, -0.2) is 4.39 Å². The van der Waals surface area contributed by atoms with Crippen LogP contribution in [0, 0.1) is 23.1 Å². The molecule has 1 aliphatic carbocycles. The zero-order chi connectivity index (χ0) is 14.9. The lowest BCUT2D eigenvalue weighted by atomic mass is 9.66. The minimum absolute atomic E-state index is 0.0970.